The van der Waals surface area contributed by atoms with Crippen molar-refractivity contribution >= 4 is 5.91 Å². The Morgan fingerprint density at radius 1 is 1.16 bits per heavy atom. The van der Waals surface area contributed by atoms with E-state index in [-0.39, 0.29) is 11.7 Å². The van der Waals surface area contributed by atoms with Gasteiger partial charge in [-0.3, -0.25) is 9.78 Å². The van der Waals surface area contributed by atoms with Crippen molar-refractivity contribution in [1.29, 1.82) is 0 Å². The number of rotatable bonds is 3. The molecule has 1 N–H and O–H groups in total. The van der Waals surface area contributed by atoms with Crippen molar-refractivity contribution in [3.8, 4) is 0 Å². The Balaban J connectivity index is 2.23. The molecule has 0 aliphatic rings. The molecule has 0 fully saturated rings. The fourth-order valence-corrected chi connectivity index (χ4v) is 1.89. The minimum atomic E-state index is -0.786. The van der Waals surface area contributed by atoms with Gasteiger partial charge in [-0.1, -0.05) is 18.2 Å². The molecule has 2 aromatic rings. The number of halogens is 1. The largest absolute Gasteiger partial charge is 0.343 e. The molecule has 1 aromatic heterocycles. The molecule has 1 amide bonds. The number of nitrogens with zero attached hydrogens (tertiary/aromatic N) is 1. The lowest BCUT2D eigenvalue weighted by Crippen LogP contribution is -2.41. The van der Waals surface area contributed by atoms with Gasteiger partial charge in [0.25, 0.3) is 5.91 Å². The van der Waals surface area contributed by atoms with E-state index in [4.69, 9.17) is 0 Å². The summed E-state index contributed by atoms with van der Waals surface area (Å²) in [5.74, 6) is -0.585. The number of hydrogen-bond donors (Lipinski definition) is 1. The van der Waals surface area contributed by atoms with Gasteiger partial charge in [0, 0.05) is 23.5 Å². The zero-order chi connectivity index (χ0) is 13.9. The van der Waals surface area contributed by atoms with E-state index in [1.807, 2.05) is 0 Å². The molecule has 0 bridgehead atoms. The van der Waals surface area contributed by atoms with Crippen LogP contribution in [0.25, 0.3) is 0 Å². The van der Waals surface area contributed by atoms with Crippen LogP contribution in [-0.2, 0) is 5.54 Å². The maximum atomic E-state index is 13.8. The van der Waals surface area contributed by atoms with Crippen LogP contribution in [-0.4, -0.2) is 10.9 Å². The van der Waals surface area contributed by atoms with Gasteiger partial charge in [-0.15, -0.1) is 0 Å². The van der Waals surface area contributed by atoms with E-state index in [0.29, 0.717) is 11.1 Å². The molecule has 0 saturated carbocycles. The van der Waals surface area contributed by atoms with Gasteiger partial charge in [0.05, 0.1) is 5.54 Å². The molecular weight excluding hydrogens is 243 g/mol. The average molecular weight is 258 g/mol. The second-order valence-corrected chi connectivity index (χ2v) is 4.79. The lowest BCUT2D eigenvalue weighted by molar-refractivity contribution is 0.0910. The Hall–Kier alpha value is -2.23. The number of aromatic nitrogens is 1. The third-order valence-corrected chi connectivity index (χ3v) is 2.92. The summed E-state index contributed by atoms with van der Waals surface area (Å²) in [4.78, 5) is 15.9. The fraction of sp³-hybridized carbons (Fsp3) is 0.200. The van der Waals surface area contributed by atoms with E-state index in [1.165, 1.54) is 6.07 Å². The standard InChI is InChI=1S/C15H15FN2O/c1-15(2,12-5-3-4-6-13(12)16)18-14(19)11-7-9-17-10-8-11/h3-10H,1-2H3,(H,18,19). The highest BCUT2D eigenvalue weighted by atomic mass is 19.1. The Morgan fingerprint density at radius 2 is 1.79 bits per heavy atom. The summed E-state index contributed by atoms with van der Waals surface area (Å²) in [5.41, 5.74) is 0.169. The van der Waals surface area contributed by atoms with E-state index in [2.05, 4.69) is 10.3 Å². The van der Waals surface area contributed by atoms with Gasteiger partial charge in [-0.25, -0.2) is 4.39 Å². The Bertz CT molecular complexity index is 582. The maximum Gasteiger partial charge on any atom is 0.252 e. The van der Waals surface area contributed by atoms with Crippen LogP contribution in [0.3, 0.4) is 0 Å². The van der Waals surface area contributed by atoms with Gasteiger partial charge in [-0.05, 0) is 32.0 Å². The Morgan fingerprint density at radius 3 is 2.42 bits per heavy atom. The second-order valence-electron chi connectivity index (χ2n) is 4.79. The molecule has 98 valence electrons. The van der Waals surface area contributed by atoms with Crippen molar-refractivity contribution in [3.63, 3.8) is 0 Å². The van der Waals surface area contributed by atoms with E-state index in [1.54, 1.807) is 56.6 Å². The van der Waals surface area contributed by atoms with Crippen molar-refractivity contribution in [1.82, 2.24) is 10.3 Å². The van der Waals surface area contributed by atoms with Crippen LogP contribution in [0.1, 0.15) is 29.8 Å². The summed E-state index contributed by atoms with van der Waals surface area (Å²) >= 11 is 0. The fourth-order valence-electron chi connectivity index (χ4n) is 1.89. The smallest absolute Gasteiger partial charge is 0.252 e. The summed E-state index contributed by atoms with van der Waals surface area (Å²) in [5, 5.41) is 2.82. The van der Waals surface area contributed by atoms with Crippen LogP contribution < -0.4 is 5.32 Å². The predicted molar refractivity (Wildman–Crippen MR) is 71.1 cm³/mol. The van der Waals surface area contributed by atoms with Crippen molar-refractivity contribution in [2.24, 2.45) is 0 Å². The SMILES string of the molecule is CC(C)(NC(=O)c1ccncc1)c1ccccc1F. The third-order valence-electron chi connectivity index (χ3n) is 2.92. The number of hydrogen-bond acceptors (Lipinski definition) is 2. The Labute approximate surface area is 111 Å². The number of benzene rings is 1. The number of pyridine rings is 1. The van der Waals surface area contributed by atoms with Crippen LogP contribution in [0.15, 0.2) is 48.8 Å². The topological polar surface area (TPSA) is 42.0 Å². The van der Waals surface area contributed by atoms with E-state index in [0.717, 1.165) is 0 Å². The van der Waals surface area contributed by atoms with Gasteiger partial charge in [0.2, 0.25) is 0 Å². The summed E-state index contributed by atoms with van der Waals surface area (Å²) in [6.07, 6.45) is 3.09. The molecule has 1 aromatic carbocycles. The van der Waals surface area contributed by atoms with Gasteiger partial charge in [0.1, 0.15) is 5.82 Å². The van der Waals surface area contributed by atoms with Crippen LogP contribution in [0.2, 0.25) is 0 Å². The highest BCUT2D eigenvalue weighted by Crippen LogP contribution is 2.23. The minimum Gasteiger partial charge on any atom is -0.343 e. The monoisotopic (exact) mass is 258 g/mol. The first-order valence-corrected chi connectivity index (χ1v) is 5.98. The number of carbonyl (C=O) groups excluding carboxylic acids is 1. The maximum absolute atomic E-state index is 13.8. The van der Waals surface area contributed by atoms with Crippen LogP contribution in [0.4, 0.5) is 4.39 Å². The molecule has 0 saturated heterocycles. The Kier molecular flexibility index (Phi) is 3.60. The lowest BCUT2D eigenvalue weighted by Gasteiger charge is -2.27. The zero-order valence-corrected chi connectivity index (χ0v) is 10.9. The predicted octanol–water partition coefficient (Wildman–Crippen LogP) is 2.89. The molecule has 0 aliphatic heterocycles. The number of carbonyl (C=O) groups is 1. The third kappa shape index (κ3) is 2.96. The molecule has 2 rings (SSSR count). The summed E-state index contributed by atoms with van der Waals surface area (Å²) in [6, 6.07) is 9.66. The summed E-state index contributed by atoms with van der Waals surface area (Å²) in [7, 11) is 0. The van der Waals surface area contributed by atoms with E-state index in [9.17, 15) is 9.18 Å². The first-order chi connectivity index (χ1) is 9.00. The van der Waals surface area contributed by atoms with E-state index >= 15 is 0 Å². The first-order valence-electron chi connectivity index (χ1n) is 5.98. The zero-order valence-electron chi connectivity index (χ0n) is 10.9. The molecule has 0 radical (unpaired) electrons. The molecular formula is C15H15FN2O. The summed E-state index contributed by atoms with van der Waals surface area (Å²) < 4.78 is 13.8. The molecule has 0 aliphatic carbocycles. The van der Waals surface area contributed by atoms with Gasteiger partial charge < -0.3 is 5.32 Å². The first kappa shape index (κ1) is 13.2. The second kappa shape index (κ2) is 5.18. The molecule has 3 nitrogen and oxygen atoms in total. The normalized spacial score (nSPS) is 11.1. The van der Waals surface area contributed by atoms with Crippen LogP contribution in [0, 0.1) is 5.82 Å². The highest BCUT2D eigenvalue weighted by molar-refractivity contribution is 5.94. The quantitative estimate of drug-likeness (QED) is 0.919. The van der Waals surface area contributed by atoms with Crippen molar-refractivity contribution in [2.45, 2.75) is 19.4 Å². The molecule has 0 unspecified atom stereocenters. The van der Waals surface area contributed by atoms with Crippen molar-refractivity contribution in [3.05, 3.63) is 65.7 Å². The van der Waals surface area contributed by atoms with Crippen LogP contribution >= 0.6 is 0 Å². The van der Waals surface area contributed by atoms with Gasteiger partial charge in [0.15, 0.2) is 0 Å². The molecule has 0 spiro atoms. The highest BCUT2D eigenvalue weighted by Gasteiger charge is 2.26. The molecule has 4 heteroatoms. The summed E-state index contributed by atoms with van der Waals surface area (Å²) in [6.45, 7) is 3.54. The minimum absolute atomic E-state index is 0.254. The number of amides is 1. The molecule has 19 heavy (non-hydrogen) atoms. The van der Waals surface area contributed by atoms with E-state index < -0.39 is 5.54 Å². The van der Waals surface area contributed by atoms with Crippen LogP contribution in [0.5, 0.6) is 0 Å². The molecule has 0 atom stereocenters. The average Bonchev–Trinajstić information content (AvgIpc) is 2.39. The van der Waals surface area contributed by atoms with Gasteiger partial charge >= 0.3 is 0 Å². The van der Waals surface area contributed by atoms with Crippen molar-refractivity contribution < 1.29 is 9.18 Å². The lowest BCUT2D eigenvalue weighted by atomic mass is 9.93. The van der Waals surface area contributed by atoms with Crippen molar-refractivity contribution in [2.75, 3.05) is 0 Å². The van der Waals surface area contributed by atoms with Gasteiger partial charge in [-0.2, -0.15) is 0 Å². The number of nitrogens with one attached hydrogen (secondary N) is 1. The molecule has 1 heterocycles.